The lowest BCUT2D eigenvalue weighted by atomic mass is 9.89. The summed E-state index contributed by atoms with van der Waals surface area (Å²) in [6.45, 7) is 2.69. The van der Waals surface area contributed by atoms with Crippen LogP contribution in [0.25, 0.3) is 11.3 Å². The Kier molecular flexibility index (Phi) is 6.17. The van der Waals surface area contributed by atoms with Crippen molar-refractivity contribution < 1.29 is 9.53 Å². The van der Waals surface area contributed by atoms with Gasteiger partial charge in [0.2, 0.25) is 0 Å². The van der Waals surface area contributed by atoms with E-state index in [-0.39, 0.29) is 5.91 Å². The van der Waals surface area contributed by atoms with E-state index in [4.69, 9.17) is 4.74 Å². The minimum Gasteiger partial charge on any atom is -0.457 e. The quantitative estimate of drug-likeness (QED) is 0.591. The van der Waals surface area contributed by atoms with Gasteiger partial charge in [0.15, 0.2) is 0 Å². The minimum atomic E-state index is -0.0248. The lowest BCUT2D eigenvalue weighted by molar-refractivity contribution is 0.0942. The number of aromatic nitrogens is 2. The van der Waals surface area contributed by atoms with Gasteiger partial charge in [-0.3, -0.25) is 9.78 Å². The van der Waals surface area contributed by atoms with Crippen molar-refractivity contribution in [3.63, 3.8) is 0 Å². The van der Waals surface area contributed by atoms with Crippen LogP contribution in [-0.4, -0.2) is 22.0 Å². The van der Waals surface area contributed by atoms with Crippen LogP contribution in [0.2, 0.25) is 0 Å². The molecular weight excluding hydrogens is 374 g/mol. The summed E-state index contributed by atoms with van der Waals surface area (Å²) in [7, 11) is 1.98. The van der Waals surface area contributed by atoms with Gasteiger partial charge in [-0.25, -0.2) is 0 Å². The number of hydrogen-bond donors (Lipinski definition) is 1. The van der Waals surface area contributed by atoms with Crippen molar-refractivity contribution in [1.29, 1.82) is 0 Å². The number of carbonyl (C=O) groups is 1. The molecule has 0 atom stereocenters. The van der Waals surface area contributed by atoms with Crippen LogP contribution in [0, 0.1) is 12.8 Å². The number of amides is 1. The normalized spacial score (nSPS) is 14.5. The molecule has 5 nitrogen and oxygen atoms in total. The van der Waals surface area contributed by atoms with E-state index in [1.807, 2.05) is 67.3 Å². The average molecular weight is 404 g/mol. The van der Waals surface area contributed by atoms with Crippen LogP contribution < -0.4 is 10.1 Å². The Labute approximate surface area is 178 Å². The fourth-order valence-electron chi connectivity index (χ4n) is 4.11. The SMILES string of the molecule is Cc1c(Oc2ccnc(-c3ccn(C)c3)c2)cccc1C(=O)NCC1CCCCC1. The highest BCUT2D eigenvalue weighted by molar-refractivity contribution is 5.96. The number of rotatable bonds is 6. The van der Waals surface area contributed by atoms with Crippen molar-refractivity contribution in [1.82, 2.24) is 14.9 Å². The first kappa shape index (κ1) is 20.2. The fourth-order valence-corrected chi connectivity index (χ4v) is 4.11. The molecule has 0 aliphatic heterocycles. The molecule has 5 heteroatoms. The summed E-state index contributed by atoms with van der Waals surface area (Å²) in [5, 5.41) is 3.13. The van der Waals surface area contributed by atoms with Crippen molar-refractivity contribution in [2.45, 2.75) is 39.0 Å². The number of hydrogen-bond acceptors (Lipinski definition) is 3. The third-order valence-corrected chi connectivity index (χ3v) is 5.89. The maximum Gasteiger partial charge on any atom is 0.251 e. The Morgan fingerprint density at radius 3 is 2.80 bits per heavy atom. The number of pyridine rings is 1. The van der Waals surface area contributed by atoms with Gasteiger partial charge in [0.25, 0.3) is 5.91 Å². The highest BCUT2D eigenvalue weighted by Gasteiger charge is 2.17. The van der Waals surface area contributed by atoms with E-state index >= 15 is 0 Å². The van der Waals surface area contributed by atoms with Crippen molar-refractivity contribution in [3.8, 4) is 22.8 Å². The summed E-state index contributed by atoms with van der Waals surface area (Å²) in [6.07, 6.45) is 12.1. The number of aryl methyl sites for hydroxylation is 1. The Morgan fingerprint density at radius 1 is 1.20 bits per heavy atom. The Morgan fingerprint density at radius 2 is 2.03 bits per heavy atom. The summed E-state index contributed by atoms with van der Waals surface area (Å²) in [4.78, 5) is 17.2. The molecule has 0 bridgehead atoms. The highest BCUT2D eigenvalue weighted by Crippen LogP contribution is 2.29. The first-order chi connectivity index (χ1) is 14.6. The Bertz CT molecular complexity index is 1020. The van der Waals surface area contributed by atoms with Crippen LogP contribution >= 0.6 is 0 Å². The minimum absolute atomic E-state index is 0.0248. The zero-order chi connectivity index (χ0) is 20.9. The molecule has 0 unspecified atom stereocenters. The van der Waals surface area contributed by atoms with Crippen molar-refractivity contribution in [3.05, 3.63) is 66.1 Å². The number of ether oxygens (including phenoxy) is 1. The molecule has 1 amide bonds. The molecule has 1 aliphatic carbocycles. The van der Waals surface area contributed by atoms with E-state index < -0.39 is 0 Å². The second-order valence-corrected chi connectivity index (χ2v) is 8.19. The van der Waals surface area contributed by atoms with Crippen LogP contribution in [0.3, 0.4) is 0 Å². The molecule has 0 radical (unpaired) electrons. The lowest BCUT2D eigenvalue weighted by Gasteiger charge is -2.22. The van der Waals surface area contributed by atoms with E-state index in [9.17, 15) is 4.79 Å². The van der Waals surface area contributed by atoms with Crippen molar-refractivity contribution in [2.75, 3.05) is 6.54 Å². The van der Waals surface area contributed by atoms with E-state index in [1.165, 1.54) is 32.1 Å². The van der Waals surface area contributed by atoms with E-state index in [0.29, 0.717) is 23.0 Å². The van der Waals surface area contributed by atoms with E-state index in [0.717, 1.165) is 23.4 Å². The number of benzene rings is 1. The van der Waals surface area contributed by atoms with Gasteiger partial charge in [-0.1, -0.05) is 25.3 Å². The van der Waals surface area contributed by atoms with Crippen LogP contribution in [0.1, 0.15) is 48.0 Å². The molecule has 1 N–H and O–H groups in total. The van der Waals surface area contributed by atoms with Crippen LogP contribution in [0.15, 0.2) is 55.0 Å². The van der Waals surface area contributed by atoms with Gasteiger partial charge in [0.05, 0.1) is 5.69 Å². The van der Waals surface area contributed by atoms with Gasteiger partial charge >= 0.3 is 0 Å². The van der Waals surface area contributed by atoms with Gasteiger partial charge in [-0.05, 0) is 49.9 Å². The smallest absolute Gasteiger partial charge is 0.251 e. The molecule has 1 saturated carbocycles. The van der Waals surface area contributed by atoms with Crippen molar-refractivity contribution >= 4 is 5.91 Å². The summed E-state index contributed by atoms with van der Waals surface area (Å²) in [5.41, 5.74) is 3.40. The van der Waals surface area contributed by atoms with E-state index in [1.54, 1.807) is 6.20 Å². The molecule has 2 aromatic heterocycles. The van der Waals surface area contributed by atoms with Gasteiger partial charge in [0, 0.05) is 54.9 Å². The van der Waals surface area contributed by atoms with Gasteiger partial charge < -0.3 is 14.6 Å². The molecule has 0 spiro atoms. The largest absolute Gasteiger partial charge is 0.457 e. The molecule has 1 aliphatic rings. The molecule has 156 valence electrons. The first-order valence-electron chi connectivity index (χ1n) is 10.7. The maximum absolute atomic E-state index is 12.8. The molecule has 30 heavy (non-hydrogen) atoms. The third-order valence-electron chi connectivity index (χ3n) is 5.89. The average Bonchev–Trinajstić information content (AvgIpc) is 3.21. The molecule has 4 rings (SSSR count). The molecule has 1 aromatic carbocycles. The number of carbonyl (C=O) groups excluding carboxylic acids is 1. The monoisotopic (exact) mass is 403 g/mol. The lowest BCUT2D eigenvalue weighted by Crippen LogP contribution is -2.30. The summed E-state index contributed by atoms with van der Waals surface area (Å²) >= 11 is 0. The second kappa shape index (κ2) is 9.16. The zero-order valence-electron chi connectivity index (χ0n) is 17.7. The van der Waals surface area contributed by atoms with Gasteiger partial charge in [-0.15, -0.1) is 0 Å². The highest BCUT2D eigenvalue weighted by atomic mass is 16.5. The van der Waals surface area contributed by atoms with Crippen molar-refractivity contribution in [2.24, 2.45) is 13.0 Å². The summed E-state index contributed by atoms with van der Waals surface area (Å²) in [6, 6.07) is 11.4. The first-order valence-corrected chi connectivity index (χ1v) is 10.7. The van der Waals surface area contributed by atoms with Gasteiger partial charge in [0.1, 0.15) is 11.5 Å². The molecule has 1 fully saturated rings. The molecule has 2 heterocycles. The Balaban J connectivity index is 1.47. The molecule has 3 aromatic rings. The topological polar surface area (TPSA) is 56.2 Å². The Hall–Kier alpha value is -3.08. The fraction of sp³-hybridized carbons (Fsp3) is 0.360. The van der Waals surface area contributed by atoms with Crippen LogP contribution in [-0.2, 0) is 7.05 Å². The summed E-state index contributed by atoms with van der Waals surface area (Å²) < 4.78 is 8.13. The number of nitrogens with one attached hydrogen (secondary N) is 1. The second-order valence-electron chi connectivity index (χ2n) is 8.19. The van der Waals surface area contributed by atoms with Crippen LogP contribution in [0.5, 0.6) is 11.5 Å². The predicted molar refractivity (Wildman–Crippen MR) is 119 cm³/mol. The van der Waals surface area contributed by atoms with Gasteiger partial charge in [-0.2, -0.15) is 0 Å². The predicted octanol–water partition coefficient (Wildman–Crippen LogP) is 5.50. The molecular formula is C25H29N3O2. The maximum atomic E-state index is 12.8. The standard InChI is InChI=1S/C25H29N3O2/c1-18-22(25(29)27-16-19-7-4-3-5-8-19)9-6-10-24(18)30-21-11-13-26-23(15-21)20-12-14-28(2)17-20/h6,9-15,17,19H,3-5,7-8,16H2,1-2H3,(H,27,29). The zero-order valence-corrected chi connectivity index (χ0v) is 17.7. The number of nitrogens with zero attached hydrogens (tertiary/aromatic N) is 2. The van der Waals surface area contributed by atoms with E-state index in [2.05, 4.69) is 10.3 Å². The third kappa shape index (κ3) is 4.73. The summed E-state index contributed by atoms with van der Waals surface area (Å²) in [5.74, 6) is 1.97. The molecule has 0 saturated heterocycles. The van der Waals surface area contributed by atoms with Crippen LogP contribution in [0.4, 0.5) is 0 Å².